The number of phenolic OH excluding ortho intramolecular Hbond substituents is 1. The topological polar surface area (TPSA) is 134 Å². The number of nitrogens with one attached hydrogen (secondary N) is 3. The van der Waals surface area contributed by atoms with Crippen molar-refractivity contribution in [1.82, 2.24) is 15.2 Å². The Kier molecular flexibility index (Phi) is 7.11. The molecule has 11 heteroatoms. The van der Waals surface area contributed by atoms with Crippen LogP contribution in [0.1, 0.15) is 5.56 Å². The van der Waals surface area contributed by atoms with Gasteiger partial charge in [-0.2, -0.15) is 10.1 Å². The lowest BCUT2D eigenvalue weighted by molar-refractivity contribution is -0.113. The van der Waals surface area contributed by atoms with Crippen LogP contribution in [0.5, 0.6) is 17.2 Å². The van der Waals surface area contributed by atoms with Crippen LogP contribution in [0.4, 0.5) is 11.6 Å². The summed E-state index contributed by atoms with van der Waals surface area (Å²) < 4.78 is 10.4. The van der Waals surface area contributed by atoms with Crippen molar-refractivity contribution in [3.8, 4) is 17.2 Å². The van der Waals surface area contributed by atoms with Gasteiger partial charge in [-0.3, -0.25) is 4.79 Å². The minimum absolute atomic E-state index is 0.127. The maximum atomic E-state index is 12.2. The number of nitrogens with zero attached hydrogens (tertiary/aromatic N) is 3. The van der Waals surface area contributed by atoms with Crippen LogP contribution in [0.15, 0.2) is 52.7 Å². The summed E-state index contributed by atoms with van der Waals surface area (Å²) in [5.74, 6) is 1.55. The summed E-state index contributed by atoms with van der Waals surface area (Å²) in [6, 6.07) is 11.7. The number of hydrazone groups is 1. The van der Waals surface area contributed by atoms with E-state index in [1.807, 2.05) is 0 Å². The molecule has 0 fully saturated rings. The fourth-order valence-corrected chi connectivity index (χ4v) is 2.93. The molecule has 0 saturated carbocycles. The molecule has 0 bridgehead atoms. The number of carbonyl (C=O) groups is 1. The van der Waals surface area contributed by atoms with E-state index in [0.717, 1.165) is 5.56 Å². The lowest BCUT2D eigenvalue weighted by Crippen LogP contribution is -2.14. The van der Waals surface area contributed by atoms with Gasteiger partial charge in [0.2, 0.25) is 17.0 Å². The Labute approximate surface area is 176 Å². The summed E-state index contributed by atoms with van der Waals surface area (Å²) in [7, 11) is 3.08. The number of amides is 1. The summed E-state index contributed by atoms with van der Waals surface area (Å²) in [6.45, 7) is 0. The van der Waals surface area contributed by atoms with Crippen LogP contribution in [0.25, 0.3) is 0 Å². The van der Waals surface area contributed by atoms with Gasteiger partial charge in [0.15, 0.2) is 11.5 Å². The molecular weight excluding hydrogens is 408 g/mol. The van der Waals surface area contributed by atoms with Gasteiger partial charge in [-0.05, 0) is 42.0 Å². The lowest BCUT2D eigenvalue weighted by atomic mass is 10.2. The largest absolute Gasteiger partial charge is 0.508 e. The van der Waals surface area contributed by atoms with Gasteiger partial charge in [0.25, 0.3) is 0 Å². The number of thioether (sulfide) groups is 1. The highest BCUT2D eigenvalue weighted by Gasteiger charge is 2.10. The Balaban J connectivity index is 1.47. The molecule has 30 heavy (non-hydrogen) atoms. The Hall–Kier alpha value is -3.73. The molecule has 1 heterocycles. The Morgan fingerprint density at radius 2 is 1.97 bits per heavy atom. The standard InChI is InChI=1S/C19H20N6O4S/c1-28-15-8-5-13(9-16(15)29-2)21-17(27)11-30-19-22-18(24-25-19)23-20-10-12-3-6-14(26)7-4-12/h3-10,26H,11H2,1-2H3,(H,21,27)(H2,22,23,24,25)/b20-10+. The number of anilines is 2. The molecule has 10 nitrogen and oxygen atoms in total. The number of benzene rings is 2. The van der Waals surface area contributed by atoms with Gasteiger partial charge in [-0.1, -0.05) is 11.8 Å². The van der Waals surface area contributed by atoms with Crippen LogP contribution in [-0.2, 0) is 4.79 Å². The SMILES string of the molecule is COc1ccc(NC(=O)CSc2n[nH]c(N/N=C/c3ccc(O)cc3)n2)cc1OC. The summed E-state index contributed by atoms with van der Waals surface area (Å²) in [4.78, 5) is 16.4. The van der Waals surface area contributed by atoms with Crippen LogP contribution < -0.4 is 20.2 Å². The molecule has 0 aliphatic rings. The van der Waals surface area contributed by atoms with Crippen molar-refractivity contribution in [2.75, 3.05) is 30.7 Å². The summed E-state index contributed by atoms with van der Waals surface area (Å²) in [5, 5.41) is 23.2. The molecule has 156 valence electrons. The van der Waals surface area contributed by atoms with Crippen molar-refractivity contribution in [2.45, 2.75) is 5.16 Å². The average molecular weight is 428 g/mol. The van der Waals surface area contributed by atoms with Gasteiger partial charge < -0.3 is 19.9 Å². The van der Waals surface area contributed by atoms with Crippen molar-refractivity contribution < 1.29 is 19.4 Å². The molecule has 0 spiro atoms. The van der Waals surface area contributed by atoms with E-state index in [9.17, 15) is 9.90 Å². The van der Waals surface area contributed by atoms with E-state index in [4.69, 9.17) is 9.47 Å². The van der Waals surface area contributed by atoms with Gasteiger partial charge >= 0.3 is 0 Å². The number of hydrogen-bond acceptors (Lipinski definition) is 9. The Bertz CT molecular complexity index is 1020. The maximum absolute atomic E-state index is 12.2. The van der Waals surface area contributed by atoms with Crippen LogP contribution >= 0.6 is 11.8 Å². The van der Waals surface area contributed by atoms with E-state index in [1.165, 1.54) is 18.9 Å². The fourth-order valence-electron chi connectivity index (χ4n) is 2.33. The summed E-state index contributed by atoms with van der Waals surface area (Å²) >= 11 is 1.18. The minimum Gasteiger partial charge on any atom is -0.508 e. The molecule has 1 amide bonds. The van der Waals surface area contributed by atoms with Crippen molar-refractivity contribution in [2.24, 2.45) is 5.10 Å². The number of phenols is 1. The van der Waals surface area contributed by atoms with E-state index in [2.05, 4.69) is 31.0 Å². The molecule has 0 aliphatic carbocycles. The first-order valence-electron chi connectivity index (χ1n) is 8.72. The predicted molar refractivity (Wildman–Crippen MR) is 115 cm³/mol. The second-order valence-electron chi connectivity index (χ2n) is 5.83. The minimum atomic E-state index is -0.211. The number of hydrogen-bond donors (Lipinski definition) is 4. The van der Waals surface area contributed by atoms with E-state index in [0.29, 0.717) is 28.3 Å². The van der Waals surface area contributed by atoms with Crippen molar-refractivity contribution in [1.29, 1.82) is 0 Å². The third-order valence-electron chi connectivity index (χ3n) is 3.74. The number of aromatic hydroxyl groups is 1. The molecule has 3 rings (SSSR count). The van der Waals surface area contributed by atoms with E-state index < -0.39 is 0 Å². The second kappa shape index (κ2) is 10.2. The molecule has 0 saturated heterocycles. The zero-order valence-corrected chi connectivity index (χ0v) is 17.1. The van der Waals surface area contributed by atoms with Gasteiger partial charge in [0.1, 0.15) is 5.75 Å². The molecule has 2 aromatic carbocycles. The van der Waals surface area contributed by atoms with E-state index in [-0.39, 0.29) is 17.4 Å². The fraction of sp³-hybridized carbons (Fsp3) is 0.158. The number of aromatic amines is 1. The molecule has 0 aliphatic heterocycles. The van der Waals surface area contributed by atoms with Crippen LogP contribution in [0.2, 0.25) is 0 Å². The third-order valence-corrected chi connectivity index (χ3v) is 4.59. The number of ether oxygens (including phenoxy) is 2. The number of methoxy groups -OCH3 is 2. The van der Waals surface area contributed by atoms with Crippen LogP contribution in [-0.4, -0.2) is 52.4 Å². The monoisotopic (exact) mass is 428 g/mol. The molecule has 3 aromatic rings. The Morgan fingerprint density at radius 3 is 2.70 bits per heavy atom. The van der Waals surface area contributed by atoms with Crippen LogP contribution in [0, 0.1) is 0 Å². The van der Waals surface area contributed by atoms with Crippen molar-refractivity contribution >= 4 is 35.5 Å². The molecule has 1 aromatic heterocycles. The quantitative estimate of drug-likeness (QED) is 0.232. The van der Waals surface area contributed by atoms with Gasteiger partial charge in [0.05, 0.1) is 26.2 Å². The number of aromatic nitrogens is 3. The summed E-state index contributed by atoms with van der Waals surface area (Å²) in [6.07, 6.45) is 1.57. The second-order valence-corrected chi connectivity index (χ2v) is 6.78. The maximum Gasteiger partial charge on any atom is 0.240 e. The van der Waals surface area contributed by atoms with E-state index >= 15 is 0 Å². The average Bonchev–Trinajstić information content (AvgIpc) is 3.21. The first kappa shape index (κ1) is 21.0. The highest BCUT2D eigenvalue weighted by Crippen LogP contribution is 2.29. The molecule has 0 radical (unpaired) electrons. The number of H-pyrrole nitrogens is 1. The molecule has 0 unspecified atom stereocenters. The molecule has 0 atom stereocenters. The molecular formula is C19H20N6O4S. The number of carbonyl (C=O) groups excluding carboxylic acids is 1. The summed E-state index contributed by atoms with van der Waals surface area (Å²) in [5.41, 5.74) is 4.12. The van der Waals surface area contributed by atoms with Gasteiger partial charge in [-0.15, -0.1) is 5.10 Å². The number of rotatable bonds is 9. The third kappa shape index (κ3) is 5.88. The van der Waals surface area contributed by atoms with Gasteiger partial charge in [0, 0.05) is 11.8 Å². The predicted octanol–water partition coefficient (Wildman–Crippen LogP) is 2.70. The van der Waals surface area contributed by atoms with Gasteiger partial charge in [-0.25, -0.2) is 10.5 Å². The lowest BCUT2D eigenvalue weighted by Gasteiger charge is -2.10. The Morgan fingerprint density at radius 1 is 1.20 bits per heavy atom. The smallest absolute Gasteiger partial charge is 0.240 e. The normalized spacial score (nSPS) is 10.7. The molecule has 4 N–H and O–H groups in total. The first-order chi connectivity index (χ1) is 14.6. The van der Waals surface area contributed by atoms with E-state index in [1.54, 1.807) is 55.8 Å². The first-order valence-corrected chi connectivity index (χ1v) is 9.71. The highest BCUT2D eigenvalue weighted by atomic mass is 32.2. The van der Waals surface area contributed by atoms with Crippen molar-refractivity contribution in [3.05, 3.63) is 48.0 Å². The zero-order chi connectivity index (χ0) is 21.3. The van der Waals surface area contributed by atoms with Crippen LogP contribution in [0.3, 0.4) is 0 Å². The zero-order valence-electron chi connectivity index (χ0n) is 16.2. The highest BCUT2D eigenvalue weighted by molar-refractivity contribution is 7.99. The van der Waals surface area contributed by atoms with Crippen molar-refractivity contribution in [3.63, 3.8) is 0 Å².